The van der Waals surface area contributed by atoms with Crippen molar-refractivity contribution in [3.63, 3.8) is 0 Å². The molecule has 1 fully saturated rings. The number of carbonyl (C=O) groups excluding carboxylic acids is 3. The van der Waals surface area contributed by atoms with Crippen LogP contribution in [-0.4, -0.2) is 36.0 Å². The molecule has 1 aliphatic heterocycles. The van der Waals surface area contributed by atoms with Gasteiger partial charge in [-0.3, -0.25) is 14.4 Å². The number of piperidine rings is 1. The van der Waals surface area contributed by atoms with Gasteiger partial charge in [0.05, 0.1) is 0 Å². The molecule has 0 bridgehead atoms. The van der Waals surface area contributed by atoms with Gasteiger partial charge < -0.3 is 4.90 Å². The standard InChI is InChI=1S/C9H13NO3/c1-6(11)5-7-8(12)3-4-10(2)9(7)13/h7H,3-5H2,1-2H3/t7-/m0/s1. The second-order valence-electron chi connectivity index (χ2n) is 3.43. The van der Waals surface area contributed by atoms with Crippen LogP contribution in [0.3, 0.4) is 0 Å². The molecule has 0 aliphatic carbocycles. The lowest BCUT2D eigenvalue weighted by molar-refractivity contribution is -0.146. The molecule has 0 spiro atoms. The van der Waals surface area contributed by atoms with Crippen LogP contribution >= 0.6 is 0 Å². The Hall–Kier alpha value is -1.19. The quantitative estimate of drug-likeness (QED) is 0.567. The summed E-state index contributed by atoms with van der Waals surface area (Å²) in [5.41, 5.74) is 0. The zero-order valence-corrected chi connectivity index (χ0v) is 7.87. The average molecular weight is 183 g/mol. The van der Waals surface area contributed by atoms with Crippen molar-refractivity contribution >= 4 is 17.5 Å². The van der Waals surface area contributed by atoms with E-state index in [9.17, 15) is 14.4 Å². The van der Waals surface area contributed by atoms with Crippen molar-refractivity contribution in [3.8, 4) is 0 Å². The fraction of sp³-hybridized carbons (Fsp3) is 0.667. The molecule has 0 aromatic rings. The minimum Gasteiger partial charge on any atom is -0.345 e. The van der Waals surface area contributed by atoms with E-state index in [0.29, 0.717) is 13.0 Å². The number of hydrogen-bond acceptors (Lipinski definition) is 3. The van der Waals surface area contributed by atoms with Gasteiger partial charge in [0.2, 0.25) is 5.91 Å². The number of Topliss-reactive ketones (excluding diaryl/α,β-unsaturated/α-hetero) is 2. The maximum atomic E-state index is 11.4. The number of rotatable bonds is 2. The number of ketones is 2. The number of amides is 1. The number of nitrogens with zero attached hydrogens (tertiary/aromatic N) is 1. The first kappa shape index (κ1) is 9.89. The van der Waals surface area contributed by atoms with Crippen molar-refractivity contribution in [2.24, 2.45) is 5.92 Å². The van der Waals surface area contributed by atoms with Crippen LogP contribution in [0.25, 0.3) is 0 Å². The SMILES string of the molecule is CC(=O)C[C@H]1C(=O)CCN(C)C1=O. The van der Waals surface area contributed by atoms with Crippen LogP contribution in [-0.2, 0) is 14.4 Å². The minimum absolute atomic E-state index is 0.0575. The van der Waals surface area contributed by atoms with Crippen LogP contribution in [0.1, 0.15) is 19.8 Å². The van der Waals surface area contributed by atoms with Crippen LogP contribution < -0.4 is 0 Å². The summed E-state index contributed by atoms with van der Waals surface area (Å²) in [4.78, 5) is 35.0. The van der Waals surface area contributed by atoms with E-state index in [0.717, 1.165) is 0 Å². The molecule has 4 nitrogen and oxygen atoms in total. The molecule has 1 aliphatic rings. The summed E-state index contributed by atoms with van der Waals surface area (Å²) in [5.74, 6) is -1.14. The van der Waals surface area contributed by atoms with E-state index in [2.05, 4.69) is 0 Å². The highest BCUT2D eigenvalue weighted by Crippen LogP contribution is 2.16. The van der Waals surface area contributed by atoms with Gasteiger partial charge in [-0.15, -0.1) is 0 Å². The molecular weight excluding hydrogens is 170 g/mol. The molecule has 0 unspecified atom stereocenters. The summed E-state index contributed by atoms with van der Waals surface area (Å²) in [6, 6.07) is 0. The van der Waals surface area contributed by atoms with Crippen LogP contribution in [0.15, 0.2) is 0 Å². The molecule has 0 radical (unpaired) electrons. The van der Waals surface area contributed by atoms with Gasteiger partial charge in [-0.05, 0) is 6.92 Å². The molecule has 1 saturated heterocycles. The fourth-order valence-corrected chi connectivity index (χ4v) is 1.45. The van der Waals surface area contributed by atoms with E-state index in [1.54, 1.807) is 7.05 Å². The first-order chi connectivity index (χ1) is 6.02. The third-order valence-corrected chi connectivity index (χ3v) is 2.25. The molecule has 13 heavy (non-hydrogen) atoms. The maximum absolute atomic E-state index is 11.4. The molecular formula is C9H13NO3. The van der Waals surface area contributed by atoms with Gasteiger partial charge in [-0.25, -0.2) is 0 Å². The zero-order valence-electron chi connectivity index (χ0n) is 7.87. The monoisotopic (exact) mass is 183 g/mol. The molecule has 1 atom stereocenters. The first-order valence-electron chi connectivity index (χ1n) is 4.29. The van der Waals surface area contributed by atoms with Crippen molar-refractivity contribution in [2.45, 2.75) is 19.8 Å². The Morgan fingerprint density at radius 2 is 2.15 bits per heavy atom. The molecule has 1 heterocycles. The van der Waals surface area contributed by atoms with Gasteiger partial charge in [0.1, 0.15) is 17.5 Å². The summed E-state index contributed by atoms with van der Waals surface area (Å²) in [7, 11) is 1.65. The first-order valence-corrected chi connectivity index (χ1v) is 4.29. The van der Waals surface area contributed by atoms with Crippen LogP contribution in [0, 0.1) is 5.92 Å². The Morgan fingerprint density at radius 3 is 2.69 bits per heavy atom. The Morgan fingerprint density at radius 1 is 1.54 bits per heavy atom. The minimum atomic E-state index is -0.712. The molecule has 0 aromatic carbocycles. The predicted molar refractivity (Wildman–Crippen MR) is 46.0 cm³/mol. The highest BCUT2D eigenvalue weighted by Gasteiger charge is 2.33. The molecule has 72 valence electrons. The Bertz CT molecular complexity index is 260. The third-order valence-electron chi connectivity index (χ3n) is 2.25. The highest BCUT2D eigenvalue weighted by atomic mass is 16.2. The Labute approximate surface area is 76.9 Å². The van der Waals surface area contributed by atoms with Crippen molar-refractivity contribution < 1.29 is 14.4 Å². The number of hydrogen-bond donors (Lipinski definition) is 0. The van der Waals surface area contributed by atoms with E-state index in [-0.39, 0.29) is 23.9 Å². The second-order valence-corrected chi connectivity index (χ2v) is 3.43. The molecule has 1 rings (SSSR count). The predicted octanol–water partition coefficient (Wildman–Crippen LogP) is 0.0129. The zero-order chi connectivity index (χ0) is 10.0. The number of likely N-dealkylation sites (tertiary alicyclic amines) is 1. The molecule has 0 aromatic heterocycles. The average Bonchev–Trinajstić information content (AvgIpc) is 2.05. The summed E-state index contributed by atoms with van der Waals surface area (Å²) in [6.45, 7) is 1.88. The lowest BCUT2D eigenvalue weighted by Gasteiger charge is -2.27. The summed E-state index contributed by atoms with van der Waals surface area (Å²) >= 11 is 0. The van der Waals surface area contributed by atoms with E-state index in [1.807, 2.05) is 0 Å². The lowest BCUT2D eigenvalue weighted by atomic mass is 9.91. The largest absolute Gasteiger partial charge is 0.345 e. The second kappa shape index (κ2) is 3.68. The third kappa shape index (κ3) is 2.14. The molecule has 1 amide bonds. The van der Waals surface area contributed by atoms with Gasteiger partial charge in [0, 0.05) is 26.4 Å². The fourth-order valence-electron chi connectivity index (χ4n) is 1.45. The topological polar surface area (TPSA) is 54.5 Å². The number of carbonyl (C=O) groups is 3. The summed E-state index contributed by atoms with van der Waals surface area (Å²) in [6.07, 6.45) is 0.433. The summed E-state index contributed by atoms with van der Waals surface area (Å²) in [5, 5.41) is 0. The van der Waals surface area contributed by atoms with Crippen molar-refractivity contribution in [3.05, 3.63) is 0 Å². The lowest BCUT2D eigenvalue weighted by Crippen LogP contribution is -2.44. The summed E-state index contributed by atoms with van der Waals surface area (Å²) < 4.78 is 0. The highest BCUT2D eigenvalue weighted by molar-refractivity contribution is 6.05. The van der Waals surface area contributed by atoms with E-state index in [1.165, 1.54) is 11.8 Å². The van der Waals surface area contributed by atoms with Gasteiger partial charge in [-0.1, -0.05) is 0 Å². The Kier molecular flexibility index (Phi) is 2.80. The van der Waals surface area contributed by atoms with Crippen molar-refractivity contribution in [1.82, 2.24) is 4.90 Å². The van der Waals surface area contributed by atoms with Gasteiger partial charge in [0.15, 0.2) is 0 Å². The van der Waals surface area contributed by atoms with E-state index < -0.39 is 5.92 Å². The smallest absolute Gasteiger partial charge is 0.233 e. The Balaban J connectivity index is 2.72. The van der Waals surface area contributed by atoms with Crippen molar-refractivity contribution in [2.75, 3.05) is 13.6 Å². The normalized spacial score (nSPS) is 23.5. The van der Waals surface area contributed by atoms with Gasteiger partial charge in [0.25, 0.3) is 0 Å². The molecule has 0 N–H and O–H groups in total. The van der Waals surface area contributed by atoms with Crippen molar-refractivity contribution in [1.29, 1.82) is 0 Å². The molecule has 4 heteroatoms. The van der Waals surface area contributed by atoms with Crippen LogP contribution in [0.5, 0.6) is 0 Å². The molecule has 0 saturated carbocycles. The van der Waals surface area contributed by atoms with Gasteiger partial charge >= 0.3 is 0 Å². The van der Waals surface area contributed by atoms with E-state index in [4.69, 9.17) is 0 Å². The maximum Gasteiger partial charge on any atom is 0.233 e. The van der Waals surface area contributed by atoms with Crippen LogP contribution in [0.2, 0.25) is 0 Å². The van der Waals surface area contributed by atoms with E-state index >= 15 is 0 Å². The van der Waals surface area contributed by atoms with Gasteiger partial charge in [-0.2, -0.15) is 0 Å². The van der Waals surface area contributed by atoms with Crippen LogP contribution in [0.4, 0.5) is 0 Å².